The Morgan fingerprint density at radius 1 is 1.19 bits per heavy atom. The zero-order valence-electron chi connectivity index (χ0n) is 14.8. The summed E-state index contributed by atoms with van der Waals surface area (Å²) in [5.41, 5.74) is -0.0112. The van der Waals surface area contributed by atoms with Gasteiger partial charge in [0.1, 0.15) is 18.2 Å². The Morgan fingerprint density at radius 3 is 2.65 bits per heavy atom. The fourth-order valence-corrected chi connectivity index (χ4v) is 3.30. The van der Waals surface area contributed by atoms with Crippen molar-refractivity contribution < 1.29 is 4.74 Å². The highest BCUT2D eigenvalue weighted by Crippen LogP contribution is 2.25. The van der Waals surface area contributed by atoms with Gasteiger partial charge in [-0.3, -0.25) is 14.3 Å². The molecule has 1 aromatic carbocycles. The van der Waals surface area contributed by atoms with Crippen LogP contribution in [0.1, 0.15) is 32.5 Å². The van der Waals surface area contributed by atoms with E-state index in [4.69, 9.17) is 4.74 Å². The first-order valence-electron chi connectivity index (χ1n) is 8.66. The van der Waals surface area contributed by atoms with Crippen molar-refractivity contribution in [3.63, 3.8) is 0 Å². The lowest BCUT2D eigenvalue weighted by Crippen LogP contribution is -2.31. The molecular weight excluding hydrogens is 400 g/mol. The van der Waals surface area contributed by atoms with E-state index in [9.17, 15) is 9.59 Å². The molecule has 3 aromatic rings. The van der Waals surface area contributed by atoms with Gasteiger partial charge >= 0.3 is 5.69 Å². The average Bonchev–Trinajstić information content (AvgIpc) is 2.99. The molecule has 0 aliphatic heterocycles. The molecule has 7 nitrogen and oxygen atoms in total. The zero-order valence-corrected chi connectivity index (χ0v) is 16.4. The highest BCUT2D eigenvalue weighted by atomic mass is 79.9. The van der Waals surface area contributed by atoms with Crippen molar-refractivity contribution in [3.8, 4) is 5.75 Å². The predicted octanol–water partition coefficient (Wildman–Crippen LogP) is 3.05. The first-order valence-corrected chi connectivity index (χ1v) is 9.45. The fraction of sp³-hybridized carbons (Fsp3) is 0.389. The Bertz CT molecular complexity index is 1040. The maximum atomic E-state index is 12.4. The van der Waals surface area contributed by atoms with Crippen molar-refractivity contribution in [3.05, 3.63) is 55.4 Å². The number of H-pyrrole nitrogens is 1. The molecule has 0 atom stereocenters. The third kappa shape index (κ3) is 3.46. The van der Waals surface area contributed by atoms with E-state index >= 15 is 0 Å². The van der Waals surface area contributed by atoms with Crippen LogP contribution in [-0.4, -0.2) is 19.1 Å². The van der Waals surface area contributed by atoms with E-state index in [1.807, 2.05) is 31.2 Å². The number of unbranched alkanes of at least 4 members (excludes halogenated alkanes) is 1. The number of benzene rings is 1. The third-order valence-corrected chi connectivity index (χ3v) is 4.86. The quantitative estimate of drug-likeness (QED) is 0.636. The molecule has 0 bridgehead atoms. The Kier molecular flexibility index (Phi) is 5.61. The normalized spacial score (nSPS) is 11.2. The molecule has 1 N–H and O–H groups in total. The van der Waals surface area contributed by atoms with Crippen LogP contribution in [0.25, 0.3) is 11.2 Å². The van der Waals surface area contributed by atoms with Crippen molar-refractivity contribution in [2.24, 2.45) is 0 Å². The van der Waals surface area contributed by atoms with E-state index in [1.54, 1.807) is 4.57 Å². The monoisotopic (exact) mass is 420 g/mol. The molecule has 0 radical (unpaired) electrons. The maximum Gasteiger partial charge on any atom is 0.330 e. The molecule has 0 aliphatic carbocycles. The van der Waals surface area contributed by atoms with E-state index in [0.717, 1.165) is 17.3 Å². The summed E-state index contributed by atoms with van der Waals surface area (Å²) in [6.45, 7) is 5.26. The number of nitrogens with one attached hydrogen (secondary N) is 1. The van der Waals surface area contributed by atoms with Crippen LogP contribution in [0.4, 0.5) is 0 Å². The van der Waals surface area contributed by atoms with Gasteiger partial charge in [-0.15, -0.1) is 0 Å². The topological polar surface area (TPSA) is 81.9 Å². The summed E-state index contributed by atoms with van der Waals surface area (Å²) in [6, 6.07) is 7.54. The molecule has 0 unspecified atom stereocenters. The highest BCUT2D eigenvalue weighted by Gasteiger charge is 2.18. The van der Waals surface area contributed by atoms with Crippen molar-refractivity contribution in [2.45, 2.75) is 46.4 Å². The molecule has 26 heavy (non-hydrogen) atoms. The van der Waals surface area contributed by atoms with Crippen molar-refractivity contribution in [1.82, 2.24) is 19.1 Å². The maximum absolute atomic E-state index is 12.4. The third-order valence-electron chi connectivity index (χ3n) is 4.21. The number of aryl methyl sites for hydroxylation is 2. The molecule has 0 fully saturated rings. The molecular formula is C18H21BrN4O3. The number of para-hydroxylation sites is 1. The minimum absolute atomic E-state index is 0.201. The van der Waals surface area contributed by atoms with Gasteiger partial charge in [-0.05, 0) is 41.4 Å². The largest absolute Gasteiger partial charge is 0.484 e. The number of imidazole rings is 1. The number of rotatable bonds is 7. The Balaban J connectivity index is 2.05. The molecule has 8 heteroatoms. The van der Waals surface area contributed by atoms with Gasteiger partial charge in [-0.2, -0.15) is 0 Å². The highest BCUT2D eigenvalue weighted by molar-refractivity contribution is 9.10. The Morgan fingerprint density at radius 2 is 1.96 bits per heavy atom. The van der Waals surface area contributed by atoms with Crippen molar-refractivity contribution >= 4 is 27.1 Å². The van der Waals surface area contributed by atoms with Gasteiger partial charge in [0.25, 0.3) is 5.56 Å². The summed E-state index contributed by atoms with van der Waals surface area (Å²) in [7, 11) is 0. The van der Waals surface area contributed by atoms with E-state index in [2.05, 4.69) is 32.8 Å². The molecule has 3 rings (SSSR count). The van der Waals surface area contributed by atoms with Gasteiger partial charge in [0, 0.05) is 13.1 Å². The minimum atomic E-state index is -0.421. The van der Waals surface area contributed by atoms with Crippen LogP contribution in [0.2, 0.25) is 0 Å². The molecule has 0 spiro atoms. The number of ether oxygens (including phenoxy) is 1. The van der Waals surface area contributed by atoms with Gasteiger partial charge < -0.3 is 9.30 Å². The summed E-state index contributed by atoms with van der Waals surface area (Å²) >= 11 is 3.45. The van der Waals surface area contributed by atoms with Crippen LogP contribution in [0.3, 0.4) is 0 Å². The van der Waals surface area contributed by atoms with Crippen molar-refractivity contribution in [1.29, 1.82) is 0 Å². The summed E-state index contributed by atoms with van der Waals surface area (Å²) in [5, 5.41) is 0. The Labute approximate surface area is 158 Å². The number of hydrogen-bond donors (Lipinski definition) is 1. The van der Waals surface area contributed by atoms with Crippen molar-refractivity contribution in [2.75, 3.05) is 0 Å². The smallest absolute Gasteiger partial charge is 0.330 e. The average molecular weight is 421 g/mol. The van der Waals surface area contributed by atoms with Crippen LogP contribution in [0.15, 0.2) is 38.3 Å². The summed E-state index contributed by atoms with van der Waals surface area (Å²) in [4.78, 5) is 31.6. The second-order valence-corrected chi connectivity index (χ2v) is 6.78. The summed E-state index contributed by atoms with van der Waals surface area (Å²) in [5.74, 6) is 1.30. The number of halogens is 1. The van der Waals surface area contributed by atoms with E-state index in [0.29, 0.717) is 35.8 Å². The van der Waals surface area contributed by atoms with Gasteiger partial charge in [-0.1, -0.05) is 25.5 Å². The van der Waals surface area contributed by atoms with Crippen LogP contribution >= 0.6 is 15.9 Å². The molecule has 0 aliphatic rings. The Hall–Kier alpha value is -2.35. The number of hydrogen-bond acceptors (Lipinski definition) is 4. The lowest BCUT2D eigenvalue weighted by atomic mass is 10.3. The zero-order chi connectivity index (χ0) is 18.7. The van der Waals surface area contributed by atoms with Crippen LogP contribution < -0.4 is 16.0 Å². The first-order chi connectivity index (χ1) is 12.6. The van der Waals surface area contributed by atoms with Crippen LogP contribution in [-0.2, 0) is 19.7 Å². The van der Waals surface area contributed by atoms with Crippen LogP contribution in [0, 0.1) is 0 Å². The molecule has 0 amide bonds. The lowest BCUT2D eigenvalue weighted by Gasteiger charge is -2.09. The number of nitrogens with zero attached hydrogens (tertiary/aromatic N) is 3. The first kappa shape index (κ1) is 18.4. The van der Waals surface area contributed by atoms with Gasteiger partial charge in [0.2, 0.25) is 0 Å². The number of aromatic nitrogens is 4. The standard InChI is InChI=1S/C18H21BrN4O3/c1-3-5-10-23-16-15(17(24)21-18(23)25)22(4-2)14(20-16)11-26-13-9-7-6-8-12(13)19/h6-9H,3-5,10-11H2,1-2H3,(H,21,24,25). The number of aromatic amines is 1. The van der Waals surface area contributed by atoms with E-state index < -0.39 is 11.2 Å². The lowest BCUT2D eigenvalue weighted by molar-refractivity contribution is 0.289. The van der Waals surface area contributed by atoms with Crippen LogP contribution in [0.5, 0.6) is 5.75 Å². The van der Waals surface area contributed by atoms with E-state index in [1.165, 1.54) is 4.57 Å². The van der Waals surface area contributed by atoms with Gasteiger partial charge in [0.15, 0.2) is 11.2 Å². The van der Waals surface area contributed by atoms with E-state index in [-0.39, 0.29) is 6.61 Å². The second-order valence-electron chi connectivity index (χ2n) is 5.93. The fourth-order valence-electron chi connectivity index (χ4n) is 2.90. The molecule has 2 heterocycles. The summed E-state index contributed by atoms with van der Waals surface area (Å²) in [6.07, 6.45) is 1.78. The molecule has 0 saturated carbocycles. The molecule has 2 aromatic heterocycles. The second kappa shape index (κ2) is 7.90. The SMILES string of the molecule is CCCCn1c(=O)[nH]c(=O)c2c1nc(COc1ccccc1Br)n2CC. The molecule has 0 saturated heterocycles. The predicted molar refractivity (Wildman–Crippen MR) is 104 cm³/mol. The minimum Gasteiger partial charge on any atom is -0.484 e. The van der Waals surface area contributed by atoms with Gasteiger partial charge in [-0.25, -0.2) is 9.78 Å². The van der Waals surface area contributed by atoms with Gasteiger partial charge in [0.05, 0.1) is 4.47 Å². The summed E-state index contributed by atoms with van der Waals surface area (Å²) < 4.78 is 10.0. The molecule has 138 valence electrons. The number of fused-ring (bicyclic) bond motifs is 1.